The number of para-hydroxylation sites is 1. The number of anilines is 1. The molecule has 23 heavy (non-hydrogen) atoms. The number of aromatic hydroxyl groups is 1. The molecule has 2 aromatic rings. The molecule has 0 spiro atoms. The van der Waals surface area contributed by atoms with E-state index in [0.717, 1.165) is 0 Å². The second kappa shape index (κ2) is 7.98. The zero-order valence-electron chi connectivity index (χ0n) is 11.8. The standard InChI is InChI=1S/C8H10AsNO5.C5H4O2S/c1-5(11)10-8-6(9(13,14)15)3-2-4-7(8)12;6-5(7)4-1-2-8-3-4/h2-4,12H,1H3,(H,10,11)(H2,13,14,15);1-3H,(H,6,7). The molecule has 0 aliphatic heterocycles. The Morgan fingerprint density at radius 3 is 2.26 bits per heavy atom. The minimum atomic E-state index is -5.14. The van der Waals surface area contributed by atoms with Crippen LogP contribution in [0.25, 0.3) is 0 Å². The van der Waals surface area contributed by atoms with Crippen LogP contribution >= 0.6 is 11.3 Å². The molecule has 0 aliphatic rings. The number of hydrogen-bond acceptors (Lipinski definition) is 5. The van der Waals surface area contributed by atoms with Gasteiger partial charge in [0, 0.05) is 5.38 Å². The number of aromatic carboxylic acids is 1. The van der Waals surface area contributed by atoms with Gasteiger partial charge in [-0.3, -0.25) is 0 Å². The second-order valence-corrected chi connectivity index (χ2v) is 8.29. The van der Waals surface area contributed by atoms with Crippen LogP contribution < -0.4 is 9.67 Å². The molecule has 0 fully saturated rings. The molecule has 1 aromatic heterocycles. The number of carboxylic acids is 1. The fraction of sp³-hybridized carbons (Fsp3) is 0.0769. The van der Waals surface area contributed by atoms with Crippen molar-refractivity contribution in [2.24, 2.45) is 0 Å². The van der Waals surface area contributed by atoms with Crippen molar-refractivity contribution in [1.82, 2.24) is 0 Å². The molecular formula is C13H14AsNO7S. The van der Waals surface area contributed by atoms with Crippen molar-refractivity contribution in [2.75, 3.05) is 5.32 Å². The van der Waals surface area contributed by atoms with E-state index in [1.54, 1.807) is 16.8 Å². The molecule has 0 atom stereocenters. The summed E-state index contributed by atoms with van der Waals surface area (Å²) in [5.41, 5.74) is 0.146. The topological polar surface area (TPSA) is 144 Å². The van der Waals surface area contributed by atoms with Crippen LogP contribution in [0.4, 0.5) is 5.69 Å². The summed E-state index contributed by atoms with van der Waals surface area (Å²) < 4.78 is 28.8. The smallest absolute Gasteiger partial charge is 0.336 e. The fourth-order valence-electron chi connectivity index (χ4n) is 1.46. The molecule has 0 saturated carbocycles. The summed E-state index contributed by atoms with van der Waals surface area (Å²) in [6.45, 7) is 1.18. The molecule has 0 aliphatic carbocycles. The van der Waals surface area contributed by atoms with Crippen molar-refractivity contribution in [3.05, 3.63) is 40.6 Å². The minimum Gasteiger partial charge on any atom is -0.478 e. The molecule has 10 heteroatoms. The van der Waals surface area contributed by atoms with Crippen molar-refractivity contribution in [1.29, 1.82) is 0 Å². The van der Waals surface area contributed by atoms with E-state index in [4.69, 9.17) is 13.3 Å². The van der Waals surface area contributed by atoms with Crippen LogP contribution in [0.5, 0.6) is 5.75 Å². The van der Waals surface area contributed by atoms with Crippen LogP contribution in [0.2, 0.25) is 0 Å². The van der Waals surface area contributed by atoms with Crippen molar-refractivity contribution in [2.45, 2.75) is 6.92 Å². The predicted octanol–water partition coefficient (Wildman–Crippen LogP) is 0.358. The van der Waals surface area contributed by atoms with E-state index < -0.39 is 26.0 Å². The number of thiophene rings is 1. The van der Waals surface area contributed by atoms with E-state index >= 15 is 0 Å². The van der Waals surface area contributed by atoms with E-state index in [2.05, 4.69) is 5.32 Å². The maximum atomic E-state index is 11.1. The number of phenolic OH excluding ortho intramolecular Hbond substituents is 1. The molecule has 1 amide bonds. The van der Waals surface area contributed by atoms with Gasteiger partial charge >= 0.3 is 94.1 Å². The van der Waals surface area contributed by atoms with E-state index in [1.165, 1.54) is 36.5 Å². The third-order valence-corrected chi connectivity index (χ3v) is 5.19. The monoisotopic (exact) mass is 403 g/mol. The van der Waals surface area contributed by atoms with Crippen LogP contribution in [0.15, 0.2) is 35.0 Å². The van der Waals surface area contributed by atoms with Crippen LogP contribution in [0, 0.1) is 0 Å². The normalized spacial score (nSPS) is 10.4. The Morgan fingerprint density at radius 2 is 1.87 bits per heavy atom. The number of hydrogen-bond donors (Lipinski definition) is 5. The third kappa shape index (κ3) is 5.91. The van der Waals surface area contributed by atoms with E-state index in [1.807, 2.05) is 0 Å². The van der Waals surface area contributed by atoms with Gasteiger partial charge < -0.3 is 5.11 Å². The van der Waals surface area contributed by atoms with Gasteiger partial charge in [0.15, 0.2) is 0 Å². The fourth-order valence-corrected chi connectivity index (χ4v) is 3.65. The number of phenols is 1. The summed E-state index contributed by atoms with van der Waals surface area (Å²) in [5, 5.41) is 23.2. The second-order valence-electron chi connectivity index (χ2n) is 4.21. The first-order chi connectivity index (χ1) is 10.6. The van der Waals surface area contributed by atoms with Crippen molar-refractivity contribution >= 4 is 47.4 Å². The van der Waals surface area contributed by atoms with E-state index in [9.17, 15) is 18.4 Å². The summed E-state index contributed by atoms with van der Waals surface area (Å²) in [5.74, 6) is -1.74. The van der Waals surface area contributed by atoms with Gasteiger partial charge in [-0.2, -0.15) is 11.3 Å². The number of rotatable bonds is 3. The van der Waals surface area contributed by atoms with Gasteiger partial charge in [0.1, 0.15) is 0 Å². The molecule has 0 saturated heterocycles. The van der Waals surface area contributed by atoms with Gasteiger partial charge in [0.05, 0.1) is 5.56 Å². The summed E-state index contributed by atoms with van der Waals surface area (Å²) in [6, 6.07) is 5.29. The quantitative estimate of drug-likeness (QED) is 0.368. The SMILES string of the molecule is CC(=O)Nc1c(O)cccc1[As](=O)(O)O.O=C(O)c1ccsc1. The Morgan fingerprint density at radius 1 is 1.22 bits per heavy atom. The minimum absolute atomic E-state index is 0.225. The number of amides is 1. The van der Waals surface area contributed by atoms with Crippen LogP contribution in [-0.4, -0.2) is 44.5 Å². The first-order valence-electron chi connectivity index (χ1n) is 6.04. The molecule has 1 heterocycles. The Bertz CT molecular complexity index is 739. The Kier molecular flexibility index (Phi) is 6.59. The first-order valence-corrected chi connectivity index (χ1v) is 10.4. The number of carbonyl (C=O) groups excluding carboxylic acids is 1. The first kappa shape index (κ1) is 19.0. The molecule has 0 unspecified atom stereocenters. The van der Waals surface area contributed by atoms with Gasteiger partial charge in [-0.25, -0.2) is 4.79 Å². The number of nitrogens with one attached hydrogen (secondary N) is 1. The summed E-state index contributed by atoms with van der Waals surface area (Å²) in [6.07, 6.45) is 0. The van der Waals surface area contributed by atoms with Crippen LogP contribution in [0.3, 0.4) is 0 Å². The van der Waals surface area contributed by atoms with Gasteiger partial charge in [0.25, 0.3) is 0 Å². The average Bonchev–Trinajstić information content (AvgIpc) is 2.94. The van der Waals surface area contributed by atoms with Crippen molar-refractivity contribution in [3.63, 3.8) is 0 Å². The number of carbonyl (C=O) groups is 2. The molecule has 0 bridgehead atoms. The molecule has 2 rings (SSSR count). The van der Waals surface area contributed by atoms with Gasteiger partial charge in [-0.05, 0) is 11.4 Å². The Labute approximate surface area is 138 Å². The number of carboxylic acid groups (broad SMARTS) is 1. The van der Waals surface area contributed by atoms with Crippen molar-refractivity contribution in [3.8, 4) is 5.75 Å². The van der Waals surface area contributed by atoms with Gasteiger partial charge in [-0.1, -0.05) is 0 Å². The van der Waals surface area contributed by atoms with Crippen LogP contribution in [0.1, 0.15) is 17.3 Å². The molecule has 8 nitrogen and oxygen atoms in total. The van der Waals surface area contributed by atoms with Gasteiger partial charge in [0.2, 0.25) is 0 Å². The van der Waals surface area contributed by atoms with Gasteiger partial charge in [-0.15, -0.1) is 0 Å². The maximum absolute atomic E-state index is 11.1. The van der Waals surface area contributed by atoms with E-state index in [-0.39, 0.29) is 15.8 Å². The largest absolute Gasteiger partial charge is 0.478 e. The summed E-state index contributed by atoms with van der Waals surface area (Å²) in [7, 11) is 0. The Balaban J connectivity index is 0.000000277. The maximum Gasteiger partial charge on any atom is 0.336 e. The number of benzene rings is 1. The zero-order chi connectivity index (χ0) is 17.6. The molecule has 1 aromatic carbocycles. The summed E-state index contributed by atoms with van der Waals surface area (Å²) >= 11 is -3.75. The predicted molar refractivity (Wildman–Crippen MR) is 84.2 cm³/mol. The van der Waals surface area contributed by atoms with Crippen LogP contribution in [-0.2, 0) is 8.53 Å². The zero-order valence-corrected chi connectivity index (χ0v) is 14.5. The molecule has 5 N–H and O–H groups in total. The Hall–Kier alpha value is -2.06. The van der Waals surface area contributed by atoms with Crippen molar-refractivity contribution < 1.29 is 31.7 Å². The van der Waals surface area contributed by atoms with E-state index in [0.29, 0.717) is 5.56 Å². The molecule has 0 radical (unpaired) electrons. The molecule has 124 valence electrons. The average molecular weight is 403 g/mol. The summed E-state index contributed by atoms with van der Waals surface area (Å²) in [4.78, 5) is 20.8. The molecular weight excluding hydrogens is 389 g/mol. The third-order valence-electron chi connectivity index (χ3n) is 2.40.